The number of rotatable bonds is 11. The minimum Gasteiger partial charge on any atom is -0.481 e. The van der Waals surface area contributed by atoms with Crippen molar-refractivity contribution < 1.29 is 29.0 Å². The molecular weight excluding hydrogens is 438 g/mol. The highest BCUT2D eigenvalue weighted by atomic mass is 16.5. The van der Waals surface area contributed by atoms with Crippen molar-refractivity contribution in [3.8, 4) is 11.1 Å². The van der Waals surface area contributed by atoms with E-state index in [1.54, 1.807) is 19.0 Å². The van der Waals surface area contributed by atoms with Gasteiger partial charge in [0.15, 0.2) is 0 Å². The third-order valence-electron chi connectivity index (χ3n) is 5.74. The van der Waals surface area contributed by atoms with Gasteiger partial charge in [-0.3, -0.25) is 9.59 Å². The Bertz CT molecular complexity index is 980. The third-order valence-corrected chi connectivity index (χ3v) is 5.74. The number of nitrogens with zero attached hydrogens (tertiary/aromatic N) is 1. The van der Waals surface area contributed by atoms with Crippen molar-refractivity contribution in [1.29, 1.82) is 0 Å². The van der Waals surface area contributed by atoms with Crippen molar-refractivity contribution >= 4 is 18.0 Å². The normalized spacial score (nSPS) is 14.1. The molecule has 0 saturated heterocycles. The van der Waals surface area contributed by atoms with Gasteiger partial charge in [0.25, 0.3) is 0 Å². The molecule has 3 rings (SSSR count). The molecule has 0 bridgehead atoms. The lowest BCUT2D eigenvalue weighted by molar-refractivity contribution is -0.140. The van der Waals surface area contributed by atoms with Gasteiger partial charge in [-0.2, -0.15) is 0 Å². The van der Waals surface area contributed by atoms with Crippen LogP contribution >= 0.6 is 0 Å². The molecule has 3 N–H and O–H groups in total. The zero-order chi connectivity index (χ0) is 24.7. The van der Waals surface area contributed by atoms with Crippen LogP contribution in [0.1, 0.15) is 23.5 Å². The lowest BCUT2D eigenvalue weighted by atomic mass is 9.98. The second-order valence-electron chi connectivity index (χ2n) is 8.49. The number of benzene rings is 2. The van der Waals surface area contributed by atoms with Crippen molar-refractivity contribution in [1.82, 2.24) is 15.5 Å². The van der Waals surface area contributed by atoms with E-state index in [0.29, 0.717) is 0 Å². The standard InChI is InChI=1S/C25H31N3O6/c1-28(2)14-22(24(31)26-13-16(33-3)12-23(29)30)27-25(32)34-15-21-19-10-6-4-8-17(19)18-9-5-7-11-20(18)21/h4-11,16,21-22H,12-15H2,1-3H3,(H,26,31)(H,27,32)(H,29,30)/t16?,22-/m0/s1. The number of likely N-dealkylation sites (N-methyl/N-ethyl adjacent to an activating group) is 1. The number of carboxylic acids is 1. The van der Waals surface area contributed by atoms with Gasteiger partial charge >= 0.3 is 12.1 Å². The van der Waals surface area contributed by atoms with Crippen LogP contribution in [0.3, 0.4) is 0 Å². The summed E-state index contributed by atoms with van der Waals surface area (Å²) in [6, 6.07) is 15.2. The third kappa shape index (κ3) is 6.33. The average molecular weight is 470 g/mol. The molecule has 0 fully saturated rings. The molecule has 9 heteroatoms. The molecule has 2 aromatic carbocycles. The molecule has 1 unspecified atom stereocenters. The largest absolute Gasteiger partial charge is 0.481 e. The van der Waals surface area contributed by atoms with E-state index >= 15 is 0 Å². The van der Waals surface area contributed by atoms with Gasteiger partial charge in [0.2, 0.25) is 5.91 Å². The molecular formula is C25H31N3O6. The molecule has 1 aliphatic rings. The van der Waals surface area contributed by atoms with Crippen molar-refractivity contribution in [2.24, 2.45) is 0 Å². The Labute approximate surface area is 199 Å². The number of hydrogen-bond donors (Lipinski definition) is 3. The highest BCUT2D eigenvalue weighted by molar-refractivity contribution is 5.86. The number of methoxy groups -OCH3 is 1. The van der Waals surface area contributed by atoms with Gasteiger partial charge in [0, 0.05) is 26.1 Å². The lowest BCUT2D eigenvalue weighted by Crippen LogP contribution is -2.53. The van der Waals surface area contributed by atoms with Crippen LogP contribution in [-0.2, 0) is 19.1 Å². The Morgan fingerprint density at radius 2 is 1.62 bits per heavy atom. The molecule has 0 radical (unpaired) electrons. The van der Waals surface area contributed by atoms with Crippen molar-refractivity contribution in [2.45, 2.75) is 24.5 Å². The van der Waals surface area contributed by atoms with E-state index in [2.05, 4.69) is 22.8 Å². The van der Waals surface area contributed by atoms with Gasteiger partial charge in [-0.15, -0.1) is 0 Å². The minimum absolute atomic E-state index is 0.0118. The maximum atomic E-state index is 12.7. The summed E-state index contributed by atoms with van der Waals surface area (Å²) in [5.74, 6) is -1.56. The number of carbonyl (C=O) groups excluding carboxylic acids is 2. The Morgan fingerprint density at radius 1 is 1.03 bits per heavy atom. The summed E-state index contributed by atoms with van der Waals surface area (Å²) in [5, 5.41) is 14.2. The molecule has 0 heterocycles. The number of ether oxygens (including phenoxy) is 2. The Balaban J connectivity index is 1.61. The van der Waals surface area contributed by atoms with Crippen LogP contribution in [-0.4, -0.2) is 81.0 Å². The predicted octanol–water partition coefficient (Wildman–Crippen LogP) is 2.06. The van der Waals surface area contributed by atoms with E-state index in [9.17, 15) is 14.4 Å². The highest BCUT2D eigenvalue weighted by Crippen LogP contribution is 2.44. The number of hydrogen-bond acceptors (Lipinski definition) is 6. The first-order valence-electron chi connectivity index (χ1n) is 11.1. The van der Waals surface area contributed by atoms with Crippen LogP contribution in [0.15, 0.2) is 48.5 Å². The first-order chi connectivity index (χ1) is 16.3. The minimum atomic E-state index is -1.03. The average Bonchev–Trinajstić information content (AvgIpc) is 3.13. The molecule has 0 saturated carbocycles. The fourth-order valence-electron chi connectivity index (χ4n) is 4.11. The summed E-state index contributed by atoms with van der Waals surface area (Å²) < 4.78 is 10.6. The van der Waals surface area contributed by atoms with E-state index < -0.39 is 30.1 Å². The van der Waals surface area contributed by atoms with Crippen LogP contribution < -0.4 is 10.6 Å². The van der Waals surface area contributed by atoms with Crippen molar-refractivity contribution in [3.63, 3.8) is 0 Å². The summed E-state index contributed by atoms with van der Waals surface area (Å²) in [6.45, 7) is 0.394. The summed E-state index contributed by atoms with van der Waals surface area (Å²) >= 11 is 0. The monoisotopic (exact) mass is 469 g/mol. The summed E-state index contributed by atoms with van der Waals surface area (Å²) in [4.78, 5) is 38.0. The quantitative estimate of drug-likeness (QED) is 0.461. The molecule has 2 amide bonds. The SMILES string of the molecule is COC(CNC(=O)[C@H](CN(C)C)NC(=O)OCC1c2ccccc2-c2ccccc21)CC(=O)O. The zero-order valence-electron chi connectivity index (χ0n) is 19.6. The smallest absolute Gasteiger partial charge is 0.407 e. The number of carboxylic acid groups (broad SMARTS) is 1. The highest BCUT2D eigenvalue weighted by Gasteiger charge is 2.30. The second-order valence-corrected chi connectivity index (χ2v) is 8.49. The van der Waals surface area contributed by atoms with Gasteiger partial charge in [0.1, 0.15) is 12.6 Å². The van der Waals surface area contributed by atoms with Crippen molar-refractivity contribution in [3.05, 3.63) is 59.7 Å². The Kier molecular flexibility index (Phi) is 8.61. The second kappa shape index (κ2) is 11.6. The van der Waals surface area contributed by atoms with Gasteiger partial charge < -0.3 is 30.1 Å². The summed E-state index contributed by atoms with van der Waals surface area (Å²) in [7, 11) is 4.94. The summed E-state index contributed by atoms with van der Waals surface area (Å²) in [6.07, 6.45) is -1.61. The molecule has 34 heavy (non-hydrogen) atoms. The molecule has 2 aromatic rings. The first kappa shape index (κ1) is 25.2. The Morgan fingerprint density at radius 3 is 2.15 bits per heavy atom. The fourth-order valence-corrected chi connectivity index (χ4v) is 4.11. The van der Waals surface area contributed by atoms with Crippen LogP contribution in [0.4, 0.5) is 4.79 Å². The molecule has 0 spiro atoms. The molecule has 2 atom stereocenters. The van der Waals surface area contributed by atoms with Gasteiger partial charge in [-0.1, -0.05) is 48.5 Å². The molecule has 9 nitrogen and oxygen atoms in total. The number of amides is 2. The van der Waals surface area contributed by atoms with Crippen LogP contribution in [0.25, 0.3) is 11.1 Å². The maximum Gasteiger partial charge on any atom is 0.407 e. The molecule has 182 valence electrons. The Hall–Kier alpha value is -3.43. The number of aliphatic carboxylic acids is 1. The summed E-state index contributed by atoms with van der Waals surface area (Å²) in [5.41, 5.74) is 4.46. The topological polar surface area (TPSA) is 117 Å². The van der Waals surface area contributed by atoms with Crippen LogP contribution in [0, 0.1) is 0 Å². The van der Waals surface area contributed by atoms with E-state index in [1.165, 1.54) is 7.11 Å². The molecule has 1 aliphatic carbocycles. The fraction of sp³-hybridized carbons (Fsp3) is 0.400. The van der Waals surface area contributed by atoms with E-state index in [0.717, 1.165) is 22.3 Å². The van der Waals surface area contributed by atoms with E-state index in [1.807, 2.05) is 36.4 Å². The van der Waals surface area contributed by atoms with Gasteiger partial charge in [0.05, 0.1) is 12.5 Å². The number of carbonyl (C=O) groups is 3. The molecule has 0 aliphatic heterocycles. The zero-order valence-corrected chi connectivity index (χ0v) is 19.6. The van der Waals surface area contributed by atoms with Crippen molar-refractivity contribution in [2.75, 3.05) is 40.9 Å². The number of alkyl carbamates (subject to hydrolysis) is 1. The maximum absolute atomic E-state index is 12.7. The number of nitrogens with one attached hydrogen (secondary N) is 2. The van der Waals surface area contributed by atoms with E-state index in [-0.39, 0.29) is 32.0 Å². The van der Waals surface area contributed by atoms with Gasteiger partial charge in [-0.05, 0) is 36.3 Å². The predicted molar refractivity (Wildman–Crippen MR) is 127 cm³/mol. The first-order valence-corrected chi connectivity index (χ1v) is 11.1. The molecule has 0 aromatic heterocycles. The van der Waals surface area contributed by atoms with Gasteiger partial charge in [-0.25, -0.2) is 4.79 Å². The van der Waals surface area contributed by atoms with Crippen LogP contribution in [0.2, 0.25) is 0 Å². The lowest BCUT2D eigenvalue weighted by Gasteiger charge is -2.23. The van der Waals surface area contributed by atoms with Crippen LogP contribution in [0.5, 0.6) is 0 Å². The number of fused-ring (bicyclic) bond motifs is 3. The van der Waals surface area contributed by atoms with E-state index in [4.69, 9.17) is 14.6 Å².